The highest BCUT2D eigenvalue weighted by atomic mass is 15.2. The van der Waals surface area contributed by atoms with E-state index in [2.05, 4.69) is 48.9 Å². The molecule has 19 heavy (non-hydrogen) atoms. The molecule has 2 rings (SSSR count). The van der Waals surface area contributed by atoms with E-state index in [0.717, 1.165) is 32.6 Å². The van der Waals surface area contributed by atoms with E-state index in [4.69, 9.17) is 5.73 Å². The predicted molar refractivity (Wildman–Crippen MR) is 82.9 cm³/mol. The SMILES string of the molecule is CCc1cccc(C)c1N1CCCN(C)C(CN)C1. The summed E-state index contributed by atoms with van der Waals surface area (Å²) in [5, 5.41) is 0. The number of para-hydroxylation sites is 1. The summed E-state index contributed by atoms with van der Waals surface area (Å²) < 4.78 is 0. The van der Waals surface area contributed by atoms with Gasteiger partial charge >= 0.3 is 0 Å². The lowest BCUT2D eigenvalue weighted by Gasteiger charge is -2.31. The van der Waals surface area contributed by atoms with E-state index >= 15 is 0 Å². The molecule has 0 radical (unpaired) electrons. The molecule has 1 aromatic rings. The Balaban J connectivity index is 2.30. The van der Waals surface area contributed by atoms with Crippen LogP contribution in [-0.4, -0.2) is 44.2 Å². The summed E-state index contributed by atoms with van der Waals surface area (Å²) in [4.78, 5) is 4.96. The number of hydrogen-bond acceptors (Lipinski definition) is 3. The lowest BCUT2D eigenvalue weighted by Crippen LogP contribution is -2.44. The molecular weight excluding hydrogens is 234 g/mol. The summed E-state index contributed by atoms with van der Waals surface area (Å²) in [5.74, 6) is 0. The van der Waals surface area contributed by atoms with Crippen LogP contribution in [0.3, 0.4) is 0 Å². The first-order valence-electron chi connectivity index (χ1n) is 7.41. The maximum atomic E-state index is 5.94. The van der Waals surface area contributed by atoms with Crippen LogP contribution in [-0.2, 0) is 6.42 Å². The van der Waals surface area contributed by atoms with E-state index in [1.807, 2.05) is 0 Å². The second-order valence-corrected chi connectivity index (χ2v) is 5.61. The molecule has 1 aliphatic heterocycles. The molecule has 3 nitrogen and oxygen atoms in total. The number of nitrogens with zero attached hydrogens (tertiary/aromatic N) is 2. The Morgan fingerprint density at radius 3 is 2.79 bits per heavy atom. The Labute approximate surface area is 117 Å². The molecule has 1 heterocycles. The van der Waals surface area contributed by atoms with Crippen LogP contribution in [0.4, 0.5) is 5.69 Å². The quantitative estimate of drug-likeness (QED) is 0.903. The largest absolute Gasteiger partial charge is 0.369 e. The van der Waals surface area contributed by atoms with Gasteiger partial charge in [-0.3, -0.25) is 0 Å². The topological polar surface area (TPSA) is 32.5 Å². The van der Waals surface area contributed by atoms with E-state index in [9.17, 15) is 0 Å². The molecule has 0 saturated carbocycles. The lowest BCUT2D eigenvalue weighted by molar-refractivity contribution is 0.266. The van der Waals surface area contributed by atoms with Crippen molar-refractivity contribution in [2.45, 2.75) is 32.7 Å². The minimum Gasteiger partial charge on any atom is -0.369 e. The normalized spacial score (nSPS) is 21.5. The smallest absolute Gasteiger partial charge is 0.0428 e. The maximum Gasteiger partial charge on any atom is 0.0428 e. The Morgan fingerprint density at radius 1 is 1.32 bits per heavy atom. The summed E-state index contributed by atoms with van der Waals surface area (Å²) >= 11 is 0. The van der Waals surface area contributed by atoms with Crippen LogP contribution in [0.25, 0.3) is 0 Å². The molecule has 106 valence electrons. The van der Waals surface area contributed by atoms with Gasteiger partial charge in [-0.05, 0) is 44.5 Å². The number of anilines is 1. The van der Waals surface area contributed by atoms with Crippen molar-refractivity contribution in [3.63, 3.8) is 0 Å². The zero-order valence-electron chi connectivity index (χ0n) is 12.5. The first-order chi connectivity index (χ1) is 9.17. The fourth-order valence-corrected chi connectivity index (χ4v) is 3.09. The van der Waals surface area contributed by atoms with Crippen molar-refractivity contribution < 1.29 is 0 Å². The van der Waals surface area contributed by atoms with Gasteiger partial charge in [-0.25, -0.2) is 0 Å². The number of benzene rings is 1. The van der Waals surface area contributed by atoms with E-state index in [1.54, 1.807) is 0 Å². The molecule has 0 aromatic heterocycles. The molecule has 3 heteroatoms. The molecule has 0 bridgehead atoms. The Hall–Kier alpha value is -1.06. The standard InChI is InChI=1S/C16H27N3/c1-4-14-8-5-7-13(2)16(14)19-10-6-9-18(3)15(11-17)12-19/h5,7-8,15H,4,6,9-12,17H2,1-3H3. The van der Waals surface area contributed by atoms with Crippen LogP contribution in [0.5, 0.6) is 0 Å². The van der Waals surface area contributed by atoms with Crippen LogP contribution in [0, 0.1) is 6.92 Å². The van der Waals surface area contributed by atoms with Crippen molar-refractivity contribution in [2.24, 2.45) is 5.73 Å². The second-order valence-electron chi connectivity index (χ2n) is 5.61. The van der Waals surface area contributed by atoms with Crippen molar-refractivity contribution in [1.29, 1.82) is 0 Å². The summed E-state index contributed by atoms with van der Waals surface area (Å²) in [5.41, 5.74) is 10.2. The van der Waals surface area contributed by atoms with Gasteiger partial charge in [0.25, 0.3) is 0 Å². The third kappa shape index (κ3) is 3.10. The second kappa shape index (κ2) is 6.40. The van der Waals surface area contributed by atoms with Crippen molar-refractivity contribution >= 4 is 5.69 Å². The minimum absolute atomic E-state index is 0.465. The molecule has 0 aliphatic carbocycles. The van der Waals surface area contributed by atoms with Crippen LogP contribution in [0.1, 0.15) is 24.5 Å². The molecule has 1 saturated heterocycles. The predicted octanol–water partition coefficient (Wildman–Crippen LogP) is 2.03. The number of aryl methyl sites for hydroxylation is 2. The number of likely N-dealkylation sites (N-methyl/N-ethyl adjacent to an activating group) is 1. The molecule has 1 atom stereocenters. The van der Waals surface area contributed by atoms with E-state index in [0.29, 0.717) is 6.04 Å². The van der Waals surface area contributed by atoms with Gasteiger partial charge in [-0.15, -0.1) is 0 Å². The third-order valence-corrected chi connectivity index (χ3v) is 4.28. The fourth-order valence-electron chi connectivity index (χ4n) is 3.09. The zero-order valence-corrected chi connectivity index (χ0v) is 12.5. The van der Waals surface area contributed by atoms with Crippen LogP contribution >= 0.6 is 0 Å². The summed E-state index contributed by atoms with van der Waals surface area (Å²) in [6.07, 6.45) is 2.31. The number of rotatable bonds is 3. The molecule has 0 amide bonds. The molecule has 2 N–H and O–H groups in total. The van der Waals surface area contributed by atoms with Gasteiger partial charge in [0.15, 0.2) is 0 Å². The number of nitrogens with two attached hydrogens (primary N) is 1. The minimum atomic E-state index is 0.465. The van der Waals surface area contributed by atoms with Gasteiger partial charge < -0.3 is 15.5 Å². The molecule has 0 spiro atoms. The van der Waals surface area contributed by atoms with Gasteiger partial charge in [-0.2, -0.15) is 0 Å². The van der Waals surface area contributed by atoms with Crippen molar-refractivity contribution in [3.8, 4) is 0 Å². The average molecular weight is 261 g/mol. The summed E-state index contributed by atoms with van der Waals surface area (Å²) in [6.45, 7) is 8.53. The van der Waals surface area contributed by atoms with Gasteiger partial charge in [-0.1, -0.05) is 25.1 Å². The van der Waals surface area contributed by atoms with Gasteiger partial charge in [0, 0.05) is 31.4 Å². The average Bonchev–Trinajstić information content (AvgIpc) is 2.60. The Kier molecular flexibility index (Phi) is 4.83. The third-order valence-electron chi connectivity index (χ3n) is 4.28. The van der Waals surface area contributed by atoms with E-state index < -0.39 is 0 Å². The highest BCUT2D eigenvalue weighted by Gasteiger charge is 2.23. The molecule has 1 unspecified atom stereocenters. The van der Waals surface area contributed by atoms with E-state index in [1.165, 1.54) is 23.2 Å². The van der Waals surface area contributed by atoms with Crippen molar-refractivity contribution in [2.75, 3.05) is 38.1 Å². The van der Waals surface area contributed by atoms with Crippen LogP contribution in [0.2, 0.25) is 0 Å². The Morgan fingerprint density at radius 2 is 2.11 bits per heavy atom. The molecule has 1 fully saturated rings. The zero-order chi connectivity index (χ0) is 13.8. The van der Waals surface area contributed by atoms with Crippen molar-refractivity contribution in [3.05, 3.63) is 29.3 Å². The van der Waals surface area contributed by atoms with Crippen molar-refractivity contribution in [1.82, 2.24) is 4.90 Å². The van der Waals surface area contributed by atoms with Gasteiger partial charge in [0.2, 0.25) is 0 Å². The first-order valence-corrected chi connectivity index (χ1v) is 7.41. The van der Waals surface area contributed by atoms with Crippen LogP contribution in [0.15, 0.2) is 18.2 Å². The van der Waals surface area contributed by atoms with Gasteiger partial charge in [0.05, 0.1) is 0 Å². The number of hydrogen-bond donors (Lipinski definition) is 1. The summed E-state index contributed by atoms with van der Waals surface area (Å²) in [7, 11) is 2.19. The van der Waals surface area contributed by atoms with E-state index in [-0.39, 0.29) is 0 Å². The molecule has 1 aromatic carbocycles. The van der Waals surface area contributed by atoms with Crippen LogP contribution < -0.4 is 10.6 Å². The summed E-state index contributed by atoms with van der Waals surface area (Å²) in [6, 6.07) is 7.11. The lowest BCUT2D eigenvalue weighted by atomic mass is 10.0. The van der Waals surface area contributed by atoms with Gasteiger partial charge in [0.1, 0.15) is 0 Å². The first kappa shape index (κ1) is 14.4. The maximum absolute atomic E-state index is 5.94. The molecular formula is C16H27N3. The highest BCUT2D eigenvalue weighted by Crippen LogP contribution is 2.27. The fraction of sp³-hybridized carbons (Fsp3) is 0.625. The monoisotopic (exact) mass is 261 g/mol. The highest BCUT2D eigenvalue weighted by molar-refractivity contribution is 5.59. The Bertz CT molecular complexity index is 416. The molecule has 1 aliphatic rings.